The first kappa shape index (κ1) is 19.3. The van der Waals surface area contributed by atoms with Crippen molar-refractivity contribution in [3.05, 3.63) is 0 Å². The van der Waals surface area contributed by atoms with Crippen LogP contribution in [-0.4, -0.2) is 23.8 Å². The van der Waals surface area contributed by atoms with Crippen LogP contribution in [0.15, 0.2) is 0 Å². The number of carboxylic acid groups (broad SMARTS) is 2. The number of rotatable bonds is 4. The van der Waals surface area contributed by atoms with Crippen molar-refractivity contribution in [2.75, 3.05) is 6.61 Å². The van der Waals surface area contributed by atoms with Gasteiger partial charge in [-0.05, 0) is 13.3 Å². The van der Waals surface area contributed by atoms with Gasteiger partial charge in [-0.25, -0.2) is 0 Å². The molecule has 0 aliphatic carbocycles. The Hall–Kier alpha value is -0.260. The zero-order valence-corrected chi connectivity index (χ0v) is 10.9. The van der Waals surface area contributed by atoms with E-state index in [0.717, 1.165) is 12.8 Å². The van der Waals surface area contributed by atoms with Gasteiger partial charge in [-0.3, -0.25) is 4.79 Å². The fourth-order valence-electron chi connectivity index (χ4n) is 0.554. The Balaban J connectivity index is -0.000000209. The van der Waals surface area contributed by atoms with Gasteiger partial charge in [0, 0.05) is 6.42 Å². The van der Waals surface area contributed by atoms with Gasteiger partial charge < -0.3 is 19.7 Å². The molecule has 0 aromatic rings. The molecule has 0 aromatic carbocycles. The van der Waals surface area contributed by atoms with Crippen LogP contribution < -0.4 is 34.7 Å². The van der Waals surface area contributed by atoms with Crippen molar-refractivity contribution in [2.45, 2.75) is 33.1 Å². The van der Waals surface area contributed by atoms with Gasteiger partial charge in [-0.2, -0.15) is 0 Å². The van der Waals surface area contributed by atoms with Crippen LogP contribution in [-0.2, 0) is 9.53 Å². The molecule has 0 rings (SSSR count). The molecule has 1 N–H and O–H groups in total. The Morgan fingerprint density at radius 1 is 1.36 bits per heavy atom. The molecule has 0 atom stereocenters. The third-order valence-corrected chi connectivity index (χ3v) is 1.04. The summed E-state index contributed by atoms with van der Waals surface area (Å²) in [5.74, 6) is -0.0700. The number of carbonyl (C=O) groups is 2. The predicted octanol–water partition coefficient (Wildman–Crippen LogP) is -2.37. The summed E-state index contributed by atoms with van der Waals surface area (Å²) in [5, 5.41) is 15.3. The van der Waals surface area contributed by atoms with Crippen molar-refractivity contribution in [1.29, 1.82) is 0 Å². The second-order valence-corrected chi connectivity index (χ2v) is 2.17. The minimum atomic E-state index is -2.08. The van der Waals surface area contributed by atoms with Crippen molar-refractivity contribution in [3.63, 3.8) is 0 Å². The molecule has 5 nitrogen and oxygen atoms in total. The number of hydrogen-bond acceptors (Lipinski definition) is 4. The van der Waals surface area contributed by atoms with Crippen LogP contribution in [0.2, 0.25) is 0 Å². The fraction of sp³-hybridized carbons (Fsp3) is 0.750. The molecule has 14 heavy (non-hydrogen) atoms. The fourth-order valence-corrected chi connectivity index (χ4v) is 0.554. The van der Waals surface area contributed by atoms with Crippen LogP contribution in [0.1, 0.15) is 33.1 Å². The average Bonchev–Trinajstić information content (AvgIpc) is 2.00. The Kier molecular flexibility index (Phi) is 21.0. The van der Waals surface area contributed by atoms with Crippen LogP contribution in [0.5, 0.6) is 0 Å². The molecular weight excluding hydrogens is 199 g/mol. The van der Waals surface area contributed by atoms with E-state index in [1.165, 1.54) is 0 Å². The Morgan fingerprint density at radius 3 is 2.07 bits per heavy atom. The smallest absolute Gasteiger partial charge is 0.565 e. The first-order chi connectivity index (χ1) is 6.04. The Labute approximate surface area is 106 Å². The van der Waals surface area contributed by atoms with Crippen molar-refractivity contribution in [3.8, 4) is 0 Å². The summed E-state index contributed by atoms with van der Waals surface area (Å²) in [7, 11) is 0. The molecular formula is C8H15NaO5. The minimum Gasteiger partial charge on any atom is -0.565 e. The maximum atomic E-state index is 10.6. The third kappa shape index (κ3) is 29.8. The number of carbonyl (C=O) groups excluding carboxylic acids is 1. The summed E-state index contributed by atoms with van der Waals surface area (Å²) in [6, 6.07) is 0. The first-order valence-corrected chi connectivity index (χ1v) is 4.10. The maximum Gasteiger partial charge on any atom is 1.00 e. The number of hydrogen-bond donors (Lipinski definition) is 1. The molecule has 0 heterocycles. The van der Waals surface area contributed by atoms with Gasteiger partial charge in [0.2, 0.25) is 6.16 Å². The molecule has 0 spiro atoms. The van der Waals surface area contributed by atoms with E-state index in [1.54, 1.807) is 0 Å². The van der Waals surface area contributed by atoms with Crippen molar-refractivity contribution < 1.29 is 54.1 Å². The predicted molar refractivity (Wildman–Crippen MR) is 44.2 cm³/mol. The van der Waals surface area contributed by atoms with E-state index in [1.807, 2.05) is 6.92 Å². The van der Waals surface area contributed by atoms with E-state index < -0.39 is 6.16 Å². The van der Waals surface area contributed by atoms with Crippen molar-refractivity contribution >= 4 is 12.1 Å². The molecule has 0 aliphatic heterocycles. The first-order valence-electron chi connectivity index (χ1n) is 4.10. The number of ether oxygens (including phenoxy) is 1. The third-order valence-electron chi connectivity index (χ3n) is 1.04. The summed E-state index contributed by atoms with van der Waals surface area (Å²) in [6.45, 7) is 4.38. The molecule has 0 amide bonds. The monoisotopic (exact) mass is 214 g/mol. The minimum absolute atomic E-state index is 0. The van der Waals surface area contributed by atoms with Crippen LogP contribution in [0.25, 0.3) is 0 Å². The van der Waals surface area contributed by atoms with Gasteiger partial charge in [0.1, 0.15) is 0 Å². The average molecular weight is 214 g/mol. The normalized spacial score (nSPS) is 7.57. The molecule has 78 valence electrons. The Morgan fingerprint density at radius 2 is 1.79 bits per heavy atom. The zero-order valence-electron chi connectivity index (χ0n) is 8.91. The maximum absolute atomic E-state index is 10.6. The molecule has 0 saturated carbocycles. The molecule has 0 aliphatic rings. The van der Waals surface area contributed by atoms with E-state index in [-0.39, 0.29) is 35.5 Å². The summed E-state index contributed by atoms with van der Waals surface area (Å²) in [6.07, 6.45) is 0.488. The van der Waals surface area contributed by atoms with Crippen LogP contribution >= 0.6 is 0 Å². The molecule has 6 heteroatoms. The number of esters is 1. The standard InChI is InChI=1S/C7H14O2.CH2O3.Na/c1-3-5-6-7(8)9-4-2;2-1(3)4;/h3-6H2,1-2H3;(H2,2,3,4);/q;;+1/p-1. The largest absolute Gasteiger partial charge is 1.00 e. The molecule has 0 saturated heterocycles. The Bertz CT molecular complexity index is 145. The topological polar surface area (TPSA) is 86.7 Å². The SMILES string of the molecule is CCCCC(=O)OCC.O=C([O-])O.[Na+]. The summed E-state index contributed by atoms with van der Waals surface area (Å²) in [4.78, 5) is 19.0. The molecule has 0 fully saturated rings. The van der Waals surface area contributed by atoms with Crippen LogP contribution in [0.3, 0.4) is 0 Å². The van der Waals surface area contributed by atoms with Crippen molar-refractivity contribution in [1.82, 2.24) is 0 Å². The van der Waals surface area contributed by atoms with E-state index in [9.17, 15) is 4.79 Å². The van der Waals surface area contributed by atoms with E-state index >= 15 is 0 Å². The van der Waals surface area contributed by atoms with Gasteiger partial charge in [0.05, 0.1) is 6.61 Å². The van der Waals surface area contributed by atoms with Gasteiger partial charge in [0.15, 0.2) is 0 Å². The summed E-state index contributed by atoms with van der Waals surface area (Å²) < 4.78 is 4.70. The van der Waals surface area contributed by atoms with Gasteiger partial charge in [0.25, 0.3) is 0 Å². The molecule has 0 radical (unpaired) electrons. The van der Waals surface area contributed by atoms with Crippen LogP contribution in [0, 0.1) is 0 Å². The van der Waals surface area contributed by atoms with Crippen molar-refractivity contribution in [2.24, 2.45) is 0 Å². The second kappa shape index (κ2) is 15.2. The van der Waals surface area contributed by atoms with Gasteiger partial charge >= 0.3 is 35.5 Å². The molecule has 0 aromatic heterocycles. The second-order valence-electron chi connectivity index (χ2n) is 2.17. The number of unbranched alkanes of at least 4 members (excludes halogenated alkanes) is 1. The van der Waals surface area contributed by atoms with Crippen LogP contribution in [0.4, 0.5) is 4.79 Å². The van der Waals surface area contributed by atoms with E-state index in [4.69, 9.17) is 19.7 Å². The van der Waals surface area contributed by atoms with E-state index in [2.05, 4.69) is 6.92 Å². The van der Waals surface area contributed by atoms with Gasteiger partial charge in [-0.1, -0.05) is 13.3 Å². The zero-order chi connectivity index (χ0) is 10.7. The molecule has 0 unspecified atom stereocenters. The summed E-state index contributed by atoms with van der Waals surface area (Å²) >= 11 is 0. The quantitative estimate of drug-likeness (QED) is 0.417. The molecule has 0 bridgehead atoms. The van der Waals surface area contributed by atoms with E-state index in [0.29, 0.717) is 13.0 Å². The summed E-state index contributed by atoms with van der Waals surface area (Å²) in [5.41, 5.74) is 0. The van der Waals surface area contributed by atoms with Gasteiger partial charge in [-0.15, -0.1) is 0 Å².